The second-order valence-corrected chi connectivity index (χ2v) is 7.65. The number of halogens is 3. The molecule has 8 heteroatoms. The number of aryl methyl sites for hydroxylation is 1. The second-order valence-electron chi connectivity index (χ2n) is 7.65. The summed E-state index contributed by atoms with van der Waals surface area (Å²) in [5.41, 5.74) is 0.844. The highest BCUT2D eigenvalue weighted by Crippen LogP contribution is 2.26. The molecule has 1 fully saturated rings. The van der Waals surface area contributed by atoms with Crippen molar-refractivity contribution in [2.75, 3.05) is 18.4 Å². The fourth-order valence-corrected chi connectivity index (χ4v) is 3.73. The first-order chi connectivity index (χ1) is 15.3. The van der Waals surface area contributed by atoms with E-state index in [0.717, 1.165) is 5.56 Å². The maximum Gasteiger partial charge on any atom is 0.247 e. The van der Waals surface area contributed by atoms with Crippen LogP contribution in [-0.2, 0) is 16.0 Å². The summed E-state index contributed by atoms with van der Waals surface area (Å²) in [6, 6.07) is 8.12. The van der Waals surface area contributed by atoms with Crippen molar-refractivity contribution >= 4 is 23.3 Å². The van der Waals surface area contributed by atoms with E-state index < -0.39 is 34.7 Å². The Labute approximate surface area is 183 Å². The van der Waals surface area contributed by atoms with Gasteiger partial charge < -0.3 is 10.2 Å². The number of anilines is 1. The summed E-state index contributed by atoms with van der Waals surface area (Å²) in [5.74, 6) is -5.18. The third-order valence-electron chi connectivity index (χ3n) is 5.51. The summed E-state index contributed by atoms with van der Waals surface area (Å²) in [5, 5.41) is 2.64. The highest BCUT2D eigenvalue weighted by atomic mass is 19.1. The van der Waals surface area contributed by atoms with E-state index in [1.165, 1.54) is 6.08 Å². The Kier molecular flexibility index (Phi) is 7.45. The molecule has 2 aromatic carbocycles. The maximum atomic E-state index is 13.9. The molecule has 0 spiro atoms. The van der Waals surface area contributed by atoms with Gasteiger partial charge in [0.05, 0.1) is 5.56 Å². The first kappa shape index (κ1) is 23.2. The lowest BCUT2D eigenvalue weighted by Gasteiger charge is -2.31. The Morgan fingerprint density at radius 3 is 2.19 bits per heavy atom. The zero-order chi connectivity index (χ0) is 23.3. The van der Waals surface area contributed by atoms with Gasteiger partial charge in [0.1, 0.15) is 17.5 Å². The van der Waals surface area contributed by atoms with E-state index in [-0.39, 0.29) is 18.2 Å². The highest BCUT2D eigenvalue weighted by molar-refractivity contribution is 5.99. The Bertz CT molecular complexity index is 1010. The van der Waals surface area contributed by atoms with Gasteiger partial charge in [-0.1, -0.05) is 18.7 Å². The molecule has 1 heterocycles. The average Bonchev–Trinajstić information content (AvgIpc) is 2.77. The van der Waals surface area contributed by atoms with Crippen LogP contribution >= 0.6 is 0 Å². The molecule has 0 saturated carbocycles. The fourth-order valence-electron chi connectivity index (χ4n) is 3.73. The van der Waals surface area contributed by atoms with Crippen molar-refractivity contribution in [1.82, 2.24) is 4.90 Å². The van der Waals surface area contributed by atoms with E-state index in [0.29, 0.717) is 50.2 Å². The van der Waals surface area contributed by atoms with E-state index in [9.17, 15) is 27.6 Å². The van der Waals surface area contributed by atoms with Crippen molar-refractivity contribution in [3.63, 3.8) is 0 Å². The lowest BCUT2D eigenvalue weighted by atomic mass is 9.88. The summed E-state index contributed by atoms with van der Waals surface area (Å²) in [4.78, 5) is 38.0. The topological polar surface area (TPSA) is 66.5 Å². The molecule has 0 atom stereocenters. The Balaban J connectivity index is 1.50. The van der Waals surface area contributed by atoms with E-state index >= 15 is 0 Å². The van der Waals surface area contributed by atoms with E-state index in [1.54, 1.807) is 17.0 Å². The van der Waals surface area contributed by atoms with Gasteiger partial charge in [0.25, 0.3) is 0 Å². The van der Waals surface area contributed by atoms with Crippen LogP contribution in [0.1, 0.15) is 35.2 Å². The monoisotopic (exact) mass is 444 g/mol. The summed E-state index contributed by atoms with van der Waals surface area (Å²) >= 11 is 0. The third-order valence-corrected chi connectivity index (χ3v) is 5.51. The summed E-state index contributed by atoms with van der Waals surface area (Å²) < 4.78 is 40.9. The number of piperidine rings is 1. The van der Waals surface area contributed by atoms with Crippen LogP contribution in [0.4, 0.5) is 18.9 Å². The number of amides is 2. The number of carbonyl (C=O) groups excluding carboxylic acids is 3. The van der Waals surface area contributed by atoms with Crippen LogP contribution in [0.15, 0.2) is 49.1 Å². The van der Waals surface area contributed by atoms with Gasteiger partial charge in [-0.25, -0.2) is 13.2 Å². The molecule has 0 aromatic heterocycles. The van der Waals surface area contributed by atoms with Gasteiger partial charge in [-0.15, -0.1) is 0 Å². The Hall–Kier alpha value is -3.42. The molecular weight excluding hydrogens is 421 g/mol. The minimum Gasteiger partial charge on any atom is -0.343 e. The molecule has 168 valence electrons. The maximum absolute atomic E-state index is 13.9. The van der Waals surface area contributed by atoms with Gasteiger partial charge in [-0.05, 0) is 43.0 Å². The molecule has 3 rings (SSSR count). The van der Waals surface area contributed by atoms with Crippen molar-refractivity contribution in [2.24, 2.45) is 5.92 Å². The summed E-state index contributed by atoms with van der Waals surface area (Å²) in [6.45, 7) is 4.01. The lowest BCUT2D eigenvalue weighted by molar-refractivity contribution is -0.132. The van der Waals surface area contributed by atoms with Gasteiger partial charge in [-0.2, -0.15) is 0 Å². The Morgan fingerprint density at radius 1 is 1.03 bits per heavy atom. The van der Waals surface area contributed by atoms with Crippen molar-refractivity contribution < 1.29 is 27.6 Å². The van der Waals surface area contributed by atoms with Crippen LogP contribution in [0, 0.1) is 23.4 Å². The number of rotatable bonds is 7. The fraction of sp³-hybridized carbons (Fsp3) is 0.292. The molecule has 1 aliphatic heterocycles. The number of nitrogens with zero attached hydrogens (tertiary/aromatic N) is 1. The van der Waals surface area contributed by atoms with Crippen LogP contribution < -0.4 is 5.32 Å². The normalized spacial score (nSPS) is 14.2. The smallest absolute Gasteiger partial charge is 0.247 e. The molecule has 2 aromatic rings. The molecule has 2 amide bonds. The number of ketones is 1. The number of likely N-dealkylation sites (tertiary alicyclic amines) is 1. The second kappa shape index (κ2) is 10.3. The molecule has 0 bridgehead atoms. The van der Waals surface area contributed by atoms with Gasteiger partial charge in [-0.3, -0.25) is 14.4 Å². The predicted molar refractivity (Wildman–Crippen MR) is 114 cm³/mol. The van der Waals surface area contributed by atoms with Crippen LogP contribution in [0.2, 0.25) is 0 Å². The van der Waals surface area contributed by atoms with Gasteiger partial charge in [0.2, 0.25) is 11.8 Å². The van der Waals surface area contributed by atoms with E-state index in [1.807, 2.05) is 12.1 Å². The van der Waals surface area contributed by atoms with Crippen molar-refractivity contribution in [3.8, 4) is 0 Å². The average molecular weight is 444 g/mol. The molecule has 5 nitrogen and oxygen atoms in total. The summed E-state index contributed by atoms with van der Waals surface area (Å²) in [7, 11) is 0. The van der Waals surface area contributed by atoms with Crippen molar-refractivity contribution in [2.45, 2.75) is 25.7 Å². The number of benzene rings is 2. The molecule has 0 aliphatic carbocycles. The van der Waals surface area contributed by atoms with Crippen LogP contribution in [-0.4, -0.2) is 35.6 Å². The molecular formula is C24H23F3N2O3. The molecule has 0 radical (unpaired) electrons. The number of nitrogens with one attached hydrogen (secondary N) is 1. The zero-order valence-electron chi connectivity index (χ0n) is 17.4. The molecule has 1 N–H and O–H groups in total. The SMILES string of the molecule is C=CC(=O)Nc1ccc(CCC(=O)N2CCC(C(=O)c3c(F)cc(F)cc3F)CC2)cc1. The van der Waals surface area contributed by atoms with Crippen LogP contribution in [0.3, 0.4) is 0 Å². The van der Waals surface area contributed by atoms with Crippen LogP contribution in [0.5, 0.6) is 0 Å². The predicted octanol–water partition coefficient (Wildman–Crippen LogP) is 4.28. The zero-order valence-corrected chi connectivity index (χ0v) is 17.4. The Morgan fingerprint density at radius 2 is 1.62 bits per heavy atom. The lowest BCUT2D eigenvalue weighted by Crippen LogP contribution is -2.40. The van der Waals surface area contributed by atoms with E-state index in [4.69, 9.17) is 0 Å². The summed E-state index contributed by atoms with van der Waals surface area (Å²) in [6.07, 6.45) is 2.55. The molecule has 1 saturated heterocycles. The minimum atomic E-state index is -1.21. The number of carbonyl (C=O) groups is 3. The quantitative estimate of drug-likeness (QED) is 0.512. The van der Waals surface area contributed by atoms with E-state index in [2.05, 4.69) is 11.9 Å². The van der Waals surface area contributed by atoms with Gasteiger partial charge >= 0.3 is 0 Å². The molecule has 1 aliphatic rings. The van der Waals surface area contributed by atoms with Crippen molar-refractivity contribution in [1.29, 1.82) is 0 Å². The first-order valence-corrected chi connectivity index (χ1v) is 10.3. The van der Waals surface area contributed by atoms with Crippen molar-refractivity contribution in [3.05, 3.63) is 77.6 Å². The number of hydrogen-bond donors (Lipinski definition) is 1. The molecule has 32 heavy (non-hydrogen) atoms. The number of hydrogen-bond acceptors (Lipinski definition) is 3. The van der Waals surface area contributed by atoms with Crippen LogP contribution in [0.25, 0.3) is 0 Å². The third kappa shape index (κ3) is 5.63. The highest BCUT2D eigenvalue weighted by Gasteiger charge is 2.31. The van der Waals surface area contributed by atoms with Gasteiger partial charge in [0, 0.05) is 43.2 Å². The molecule has 0 unspecified atom stereocenters. The first-order valence-electron chi connectivity index (χ1n) is 10.3. The number of Topliss-reactive ketones (excluding diaryl/α,β-unsaturated/α-hetero) is 1. The largest absolute Gasteiger partial charge is 0.343 e. The minimum absolute atomic E-state index is 0.0703. The van der Waals surface area contributed by atoms with Gasteiger partial charge in [0.15, 0.2) is 5.78 Å². The standard InChI is InChI=1S/C24H23F3N2O3/c1-2-21(30)28-18-6-3-15(4-7-18)5-8-22(31)29-11-9-16(10-12-29)24(32)23-19(26)13-17(25)14-20(23)27/h2-4,6-7,13-14,16H,1,5,8-12H2,(H,28,30).